The van der Waals surface area contributed by atoms with E-state index in [0.717, 1.165) is 6.26 Å². The van der Waals surface area contributed by atoms with E-state index >= 15 is 0 Å². The molecule has 1 aromatic heterocycles. The topological polar surface area (TPSA) is 85.4 Å². The molecule has 0 fully saturated rings. The molecule has 0 saturated carbocycles. The molecule has 1 N–H and O–H groups in total. The third-order valence-corrected chi connectivity index (χ3v) is 5.71. The number of amides is 1. The van der Waals surface area contributed by atoms with Crippen molar-refractivity contribution in [1.29, 1.82) is 0 Å². The lowest BCUT2D eigenvalue weighted by atomic mass is 9.98. The minimum absolute atomic E-state index is 0.101. The molecular weight excluding hydrogens is 419 g/mol. The Hall–Kier alpha value is -3.00. The van der Waals surface area contributed by atoms with Crippen LogP contribution in [0.25, 0.3) is 22.2 Å². The number of sulfone groups is 1. The van der Waals surface area contributed by atoms with Gasteiger partial charge in [0.1, 0.15) is 11.4 Å². The Morgan fingerprint density at radius 2 is 1.81 bits per heavy atom. The molecule has 0 aliphatic carbocycles. The molecule has 3 aromatic rings. The van der Waals surface area contributed by atoms with Crippen LogP contribution in [0.5, 0.6) is 0 Å². The third-order valence-electron chi connectivity index (χ3n) is 4.55. The summed E-state index contributed by atoms with van der Waals surface area (Å²) in [5.41, 5.74) is 1.02. The number of rotatable bonds is 4. The van der Waals surface area contributed by atoms with Crippen LogP contribution < -0.4 is 5.32 Å². The van der Waals surface area contributed by atoms with Gasteiger partial charge in [-0.2, -0.15) is 0 Å². The van der Waals surface area contributed by atoms with Crippen molar-refractivity contribution in [3.05, 3.63) is 59.9 Å². The van der Waals surface area contributed by atoms with Gasteiger partial charge in [-0.1, -0.05) is 18.2 Å². The highest BCUT2D eigenvalue weighted by Crippen LogP contribution is 2.34. The zero-order valence-electron chi connectivity index (χ0n) is 18.1. The number of aromatic nitrogens is 1. The minimum Gasteiger partial charge on any atom is -0.444 e. The van der Waals surface area contributed by atoms with Crippen LogP contribution in [0.4, 0.5) is 9.18 Å². The van der Waals surface area contributed by atoms with E-state index in [2.05, 4.69) is 10.3 Å². The van der Waals surface area contributed by atoms with Gasteiger partial charge < -0.3 is 10.1 Å². The van der Waals surface area contributed by atoms with Crippen molar-refractivity contribution >= 4 is 26.8 Å². The first-order valence-electron chi connectivity index (χ1n) is 9.74. The van der Waals surface area contributed by atoms with Gasteiger partial charge in [-0.15, -0.1) is 0 Å². The number of hydrogen-bond donors (Lipinski definition) is 1. The van der Waals surface area contributed by atoms with E-state index in [-0.39, 0.29) is 4.90 Å². The number of carbonyl (C=O) groups is 1. The Morgan fingerprint density at radius 3 is 2.45 bits per heavy atom. The van der Waals surface area contributed by atoms with E-state index in [4.69, 9.17) is 4.74 Å². The fourth-order valence-electron chi connectivity index (χ4n) is 3.25. The first-order valence-corrected chi connectivity index (χ1v) is 11.6. The molecule has 1 atom stereocenters. The lowest BCUT2D eigenvalue weighted by Gasteiger charge is -2.23. The Labute approximate surface area is 181 Å². The number of halogens is 1. The molecular formula is C23H25FN2O4S. The van der Waals surface area contributed by atoms with Gasteiger partial charge in [-0.05, 0) is 52.0 Å². The van der Waals surface area contributed by atoms with E-state index in [9.17, 15) is 17.6 Å². The summed E-state index contributed by atoms with van der Waals surface area (Å²) in [5, 5.41) is 3.43. The molecule has 0 radical (unpaired) electrons. The molecule has 1 unspecified atom stereocenters. The maximum Gasteiger partial charge on any atom is 0.408 e. The monoisotopic (exact) mass is 444 g/mol. The van der Waals surface area contributed by atoms with Gasteiger partial charge in [0, 0.05) is 28.8 Å². The average Bonchev–Trinajstić information content (AvgIpc) is 2.64. The predicted molar refractivity (Wildman–Crippen MR) is 118 cm³/mol. The van der Waals surface area contributed by atoms with Crippen molar-refractivity contribution in [3.8, 4) is 11.3 Å². The number of nitrogens with one attached hydrogen (secondary N) is 1. The maximum absolute atomic E-state index is 13.8. The van der Waals surface area contributed by atoms with Crippen LogP contribution in [0.1, 0.15) is 39.3 Å². The summed E-state index contributed by atoms with van der Waals surface area (Å²) >= 11 is 0. The fourth-order valence-corrected chi connectivity index (χ4v) is 4.14. The zero-order valence-corrected chi connectivity index (χ0v) is 18.9. The highest BCUT2D eigenvalue weighted by molar-refractivity contribution is 7.90. The van der Waals surface area contributed by atoms with Crippen LogP contribution in [0.3, 0.4) is 0 Å². The van der Waals surface area contributed by atoms with Crippen LogP contribution in [0.15, 0.2) is 53.4 Å². The highest BCUT2D eigenvalue weighted by atomic mass is 32.2. The van der Waals surface area contributed by atoms with E-state index < -0.39 is 33.4 Å². The Kier molecular flexibility index (Phi) is 6.04. The van der Waals surface area contributed by atoms with Gasteiger partial charge in [-0.25, -0.2) is 22.6 Å². The molecule has 8 heteroatoms. The van der Waals surface area contributed by atoms with Gasteiger partial charge in [0.2, 0.25) is 0 Å². The molecule has 0 aliphatic heterocycles. The molecule has 0 aliphatic rings. The summed E-state index contributed by atoms with van der Waals surface area (Å²) in [7, 11) is -3.56. The Balaban J connectivity index is 2.19. The van der Waals surface area contributed by atoms with E-state index in [1.165, 1.54) is 18.2 Å². The summed E-state index contributed by atoms with van der Waals surface area (Å²) < 4.78 is 43.9. The molecule has 1 amide bonds. The predicted octanol–water partition coefficient (Wildman–Crippen LogP) is 5.03. The van der Waals surface area contributed by atoms with Gasteiger partial charge >= 0.3 is 6.09 Å². The minimum atomic E-state index is -3.56. The number of benzene rings is 2. The van der Waals surface area contributed by atoms with E-state index in [1.54, 1.807) is 58.0 Å². The van der Waals surface area contributed by atoms with Crippen LogP contribution in [0, 0.1) is 5.82 Å². The third kappa shape index (κ3) is 5.38. The molecule has 6 nitrogen and oxygen atoms in total. The number of nitrogens with zero attached hydrogens (tertiary/aromatic N) is 1. The summed E-state index contributed by atoms with van der Waals surface area (Å²) in [4.78, 5) is 17.0. The number of ether oxygens (including phenoxy) is 1. The van der Waals surface area contributed by atoms with Crippen molar-refractivity contribution in [2.24, 2.45) is 0 Å². The SMILES string of the molecule is CC(NC(=O)OC(C)(C)C)c1cc2ccc(F)cc2nc1-c1ccccc1S(C)(=O)=O. The van der Waals surface area contributed by atoms with Gasteiger partial charge in [0.05, 0.1) is 22.1 Å². The fraction of sp³-hybridized carbons (Fsp3) is 0.304. The van der Waals surface area contributed by atoms with Gasteiger partial charge in [0.25, 0.3) is 0 Å². The summed E-state index contributed by atoms with van der Waals surface area (Å²) in [6, 6.07) is 11.9. The molecule has 3 rings (SSSR count). The second kappa shape index (κ2) is 8.26. The van der Waals surface area contributed by atoms with Gasteiger partial charge in [-0.3, -0.25) is 0 Å². The molecule has 31 heavy (non-hydrogen) atoms. The van der Waals surface area contributed by atoms with Crippen molar-refractivity contribution < 1.29 is 22.3 Å². The van der Waals surface area contributed by atoms with Crippen LogP contribution in [0.2, 0.25) is 0 Å². The number of pyridine rings is 1. The second-order valence-corrected chi connectivity index (χ2v) is 10.4. The zero-order chi connectivity index (χ0) is 23.0. The highest BCUT2D eigenvalue weighted by Gasteiger charge is 2.24. The normalized spacial score (nSPS) is 13.1. The molecule has 2 aromatic carbocycles. The average molecular weight is 445 g/mol. The van der Waals surface area contributed by atoms with Crippen LogP contribution in [-0.4, -0.2) is 31.4 Å². The first-order chi connectivity index (χ1) is 14.3. The standard InChI is InChI=1S/C23H25FN2O4S/c1-14(25-22(27)30-23(2,3)4)18-12-15-10-11-16(24)13-19(15)26-21(18)17-8-6-7-9-20(17)31(5,28)29/h6-14H,1-5H3,(H,25,27). The largest absolute Gasteiger partial charge is 0.444 e. The Bertz CT molecular complexity index is 1250. The number of alkyl carbamates (subject to hydrolysis) is 1. The number of carbonyl (C=O) groups excluding carboxylic acids is 1. The smallest absolute Gasteiger partial charge is 0.408 e. The lowest BCUT2D eigenvalue weighted by Crippen LogP contribution is -2.34. The lowest BCUT2D eigenvalue weighted by molar-refractivity contribution is 0.0508. The molecule has 164 valence electrons. The second-order valence-electron chi connectivity index (χ2n) is 8.40. The van der Waals surface area contributed by atoms with Crippen molar-refractivity contribution in [2.75, 3.05) is 6.26 Å². The molecule has 0 saturated heterocycles. The van der Waals surface area contributed by atoms with Crippen molar-refractivity contribution in [3.63, 3.8) is 0 Å². The van der Waals surface area contributed by atoms with Crippen LogP contribution in [-0.2, 0) is 14.6 Å². The molecule has 0 spiro atoms. The number of fused-ring (bicyclic) bond motifs is 1. The van der Waals surface area contributed by atoms with Gasteiger partial charge in [0.15, 0.2) is 9.84 Å². The summed E-state index contributed by atoms with van der Waals surface area (Å²) in [6.45, 7) is 7.04. The summed E-state index contributed by atoms with van der Waals surface area (Å²) in [5.74, 6) is -0.449. The van der Waals surface area contributed by atoms with E-state index in [0.29, 0.717) is 27.7 Å². The van der Waals surface area contributed by atoms with Crippen molar-refractivity contribution in [2.45, 2.75) is 44.2 Å². The molecule has 0 bridgehead atoms. The van der Waals surface area contributed by atoms with Crippen molar-refractivity contribution in [1.82, 2.24) is 10.3 Å². The quantitative estimate of drug-likeness (QED) is 0.610. The Morgan fingerprint density at radius 1 is 1.13 bits per heavy atom. The van der Waals surface area contributed by atoms with E-state index in [1.807, 2.05) is 0 Å². The maximum atomic E-state index is 13.8. The first kappa shape index (κ1) is 22.7. The van der Waals surface area contributed by atoms with Crippen LogP contribution >= 0.6 is 0 Å². The summed E-state index contributed by atoms with van der Waals surface area (Å²) in [6.07, 6.45) is 0.510. The molecule has 1 heterocycles. The number of hydrogen-bond acceptors (Lipinski definition) is 5.